The molecule has 0 aromatic heterocycles. The molecular formula is C16H30O4Yb. The summed E-state index contributed by atoms with van der Waals surface area (Å²) in [4.78, 5) is 20.7. The first kappa shape index (κ1) is 26.4. The van der Waals surface area contributed by atoms with Gasteiger partial charge in [0.25, 0.3) is 0 Å². The van der Waals surface area contributed by atoms with Crippen LogP contribution in [0.1, 0.15) is 79.1 Å². The van der Waals surface area contributed by atoms with Crippen LogP contribution >= 0.6 is 0 Å². The zero-order chi connectivity index (χ0) is 16.0. The molecule has 0 aliphatic heterocycles. The summed E-state index contributed by atoms with van der Waals surface area (Å²) in [5.74, 6) is -2.23. The van der Waals surface area contributed by atoms with Gasteiger partial charge in [-0.1, -0.05) is 53.4 Å². The molecule has 0 bridgehead atoms. The fourth-order valence-electron chi connectivity index (χ4n) is 1.88. The van der Waals surface area contributed by atoms with Gasteiger partial charge in [-0.05, 0) is 37.5 Å². The molecule has 132 valence electrons. The number of hydrogen-bond donors (Lipinski definition) is 0. The Labute approximate surface area is 168 Å². The smallest absolute Gasteiger partial charge is 0.550 e. The number of unbranched alkanes of at least 4 members (excludes halogenated alkanes) is 2. The van der Waals surface area contributed by atoms with Crippen LogP contribution in [0.25, 0.3) is 0 Å². The van der Waals surface area contributed by atoms with E-state index in [0.717, 1.165) is 38.5 Å². The van der Waals surface area contributed by atoms with E-state index >= 15 is 0 Å². The average Bonchev–Trinajstić information content (AvgIpc) is 2.40. The second-order valence-corrected chi connectivity index (χ2v) is 5.13. The molecule has 5 heteroatoms. The molecular weight excluding hydrogens is 429 g/mol. The third-order valence-corrected chi connectivity index (χ3v) is 3.46. The van der Waals surface area contributed by atoms with Crippen LogP contribution in [-0.2, 0) is 9.59 Å². The van der Waals surface area contributed by atoms with Crippen LogP contribution in [0.3, 0.4) is 0 Å². The van der Waals surface area contributed by atoms with E-state index in [1.807, 2.05) is 13.8 Å². The molecule has 21 heavy (non-hydrogen) atoms. The van der Waals surface area contributed by atoms with Gasteiger partial charge in [0.05, 0.1) is 0 Å². The van der Waals surface area contributed by atoms with Crippen molar-refractivity contribution in [3.05, 3.63) is 0 Å². The van der Waals surface area contributed by atoms with Crippen LogP contribution in [0.2, 0.25) is 0 Å². The molecule has 0 N–H and O–H groups in total. The second kappa shape index (κ2) is 18.5. The number of carboxylic acid groups (broad SMARTS) is 2. The fourth-order valence-corrected chi connectivity index (χ4v) is 1.88. The van der Waals surface area contributed by atoms with Gasteiger partial charge in [0, 0.05) is 11.9 Å². The maximum Gasteiger partial charge on any atom is 2.00 e. The summed E-state index contributed by atoms with van der Waals surface area (Å²) in [6, 6.07) is 0. The summed E-state index contributed by atoms with van der Waals surface area (Å²) in [7, 11) is 0. The number of carboxylic acids is 2. The van der Waals surface area contributed by atoms with Crippen LogP contribution < -0.4 is 10.2 Å². The minimum Gasteiger partial charge on any atom is -0.550 e. The third kappa shape index (κ3) is 16.7. The first-order valence-electron chi connectivity index (χ1n) is 7.86. The van der Waals surface area contributed by atoms with Gasteiger partial charge >= 0.3 is 46.9 Å². The van der Waals surface area contributed by atoms with E-state index in [-0.39, 0.29) is 58.8 Å². The summed E-state index contributed by atoms with van der Waals surface area (Å²) in [5.41, 5.74) is 0. The molecule has 0 aromatic rings. The summed E-state index contributed by atoms with van der Waals surface area (Å²) in [6.45, 7) is 7.89. The van der Waals surface area contributed by atoms with Crippen molar-refractivity contribution < 1.29 is 66.7 Å². The monoisotopic (exact) mass is 460 g/mol. The van der Waals surface area contributed by atoms with Crippen molar-refractivity contribution in [2.24, 2.45) is 11.8 Å². The van der Waals surface area contributed by atoms with Gasteiger partial charge in [-0.3, -0.25) is 0 Å². The summed E-state index contributed by atoms with van der Waals surface area (Å²) >= 11 is 0. The molecule has 0 saturated carbocycles. The Morgan fingerprint density at radius 3 is 1.19 bits per heavy atom. The van der Waals surface area contributed by atoms with Gasteiger partial charge in [0.2, 0.25) is 0 Å². The quantitative estimate of drug-likeness (QED) is 0.500. The molecule has 0 aliphatic carbocycles. The minimum atomic E-state index is -0.893. The van der Waals surface area contributed by atoms with Gasteiger partial charge < -0.3 is 19.8 Å². The predicted octanol–water partition coefficient (Wildman–Crippen LogP) is 1.91. The standard InChI is InChI=1S/2C8H16O2.Yb/c2*1-3-5-6-7(4-2)8(9)10;/h2*7H,3-6H2,1-2H3,(H,9,10);/q;;+2/p-2. The van der Waals surface area contributed by atoms with Gasteiger partial charge in [0.1, 0.15) is 0 Å². The Bertz CT molecular complexity index is 231. The molecule has 0 rings (SSSR count). The summed E-state index contributed by atoms with van der Waals surface area (Å²) in [6.07, 6.45) is 7.04. The molecule has 0 heterocycles. The van der Waals surface area contributed by atoms with E-state index in [0.29, 0.717) is 12.8 Å². The Balaban J connectivity index is -0.000000295. The SMILES string of the molecule is CCCCC(CC)C(=O)[O-].CCCCC(CC)C(=O)[O-].[Yb+2]. The minimum absolute atomic E-state index is 0. The molecule has 0 fully saturated rings. The van der Waals surface area contributed by atoms with Crippen LogP contribution in [0.5, 0.6) is 0 Å². The van der Waals surface area contributed by atoms with E-state index in [9.17, 15) is 19.8 Å². The largest absolute Gasteiger partial charge is 2.00 e. The molecule has 2 unspecified atom stereocenters. The maximum absolute atomic E-state index is 10.3. The normalized spacial score (nSPS) is 12.4. The molecule has 0 saturated heterocycles. The zero-order valence-corrected chi connectivity index (χ0v) is 15.4. The molecule has 0 aromatic carbocycles. The van der Waals surface area contributed by atoms with Crippen molar-refractivity contribution in [2.45, 2.75) is 79.1 Å². The molecule has 0 amide bonds. The average molecular weight is 459 g/mol. The van der Waals surface area contributed by atoms with E-state index in [1.165, 1.54) is 0 Å². The Morgan fingerprint density at radius 1 is 0.762 bits per heavy atom. The van der Waals surface area contributed by atoms with E-state index in [4.69, 9.17) is 0 Å². The van der Waals surface area contributed by atoms with Crippen molar-refractivity contribution in [2.75, 3.05) is 0 Å². The topological polar surface area (TPSA) is 80.3 Å². The molecule has 4 nitrogen and oxygen atoms in total. The number of aliphatic carboxylic acids is 2. The Morgan fingerprint density at radius 2 is 1.05 bits per heavy atom. The van der Waals surface area contributed by atoms with Crippen LogP contribution in [0, 0.1) is 58.8 Å². The zero-order valence-electron chi connectivity index (χ0n) is 13.7. The number of carbonyl (C=O) groups is 2. The van der Waals surface area contributed by atoms with Crippen LogP contribution in [0.4, 0.5) is 0 Å². The van der Waals surface area contributed by atoms with Crippen molar-refractivity contribution in [3.8, 4) is 0 Å². The van der Waals surface area contributed by atoms with Gasteiger partial charge in [-0.2, -0.15) is 0 Å². The molecule has 0 aliphatic rings. The van der Waals surface area contributed by atoms with Crippen LogP contribution in [-0.4, -0.2) is 11.9 Å². The Kier molecular flexibility index (Phi) is 23.2. The summed E-state index contributed by atoms with van der Waals surface area (Å²) < 4.78 is 0. The number of rotatable bonds is 10. The number of hydrogen-bond acceptors (Lipinski definition) is 4. The van der Waals surface area contributed by atoms with E-state index in [1.54, 1.807) is 0 Å². The van der Waals surface area contributed by atoms with Crippen molar-refractivity contribution in [1.29, 1.82) is 0 Å². The Hall–Kier alpha value is 0.459. The predicted molar refractivity (Wildman–Crippen MR) is 76.6 cm³/mol. The van der Waals surface area contributed by atoms with Crippen molar-refractivity contribution in [1.82, 2.24) is 0 Å². The van der Waals surface area contributed by atoms with Gasteiger partial charge in [0.15, 0.2) is 0 Å². The molecule has 2 atom stereocenters. The van der Waals surface area contributed by atoms with Crippen LogP contribution in [0.15, 0.2) is 0 Å². The van der Waals surface area contributed by atoms with E-state index in [2.05, 4.69) is 13.8 Å². The molecule has 0 radical (unpaired) electrons. The first-order valence-corrected chi connectivity index (χ1v) is 7.86. The molecule has 0 spiro atoms. The van der Waals surface area contributed by atoms with E-state index < -0.39 is 11.9 Å². The van der Waals surface area contributed by atoms with Gasteiger partial charge in [-0.15, -0.1) is 0 Å². The van der Waals surface area contributed by atoms with Gasteiger partial charge in [-0.25, -0.2) is 0 Å². The first-order chi connectivity index (χ1) is 9.44. The van der Waals surface area contributed by atoms with Crippen molar-refractivity contribution >= 4 is 11.9 Å². The number of carbonyl (C=O) groups excluding carboxylic acids is 2. The fraction of sp³-hybridized carbons (Fsp3) is 0.875. The third-order valence-electron chi connectivity index (χ3n) is 3.46. The maximum atomic E-state index is 10.3. The van der Waals surface area contributed by atoms with Crippen molar-refractivity contribution in [3.63, 3.8) is 0 Å². The summed E-state index contributed by atoms with van der Waals surface area (Å²) in [5, 5.41) is 20.7. The second-order valence-electron chi connectivity index (χ2n) is 5.13.